The first kappa shape index (κ1) is 15.4. The third-order valence-corrected chi connectivity index (χ3v) is 2.37. The molecule has 1 aromatic heterocycles. The third kappa shape index (κ3) is 4.55. The van der Waals surface area contributed by atoms with Crippen LogP contribution < -0.4 is 5.32 Å². The molecule has 0 bridgehead atoms. The molecule has 20 heavy (non-hydrogen) atoms. The van der Waals surface area contributed by atoms with Crippen LogP contribution in [0.2, 0.25) is 0 Å². The number of hydrogen-bond donors (Lipinski definition) is 3. The third-order valence-electron chi connectivity index (χ3n) is 2.37. The predicted molar refractivity (Wildman–Crippen MR) is 64.8 cm³/mol. The Morgan fingerprint density at radius 3 is 2.40 bits per heavy atom. The van der Waals surface area contributed by atoms with E-state index in [1.165, 1.54) is 6.33 Å². The number of aryl methyl sites for hydroxylation is 1. The van der Waals surface area contributed by atoms with Crippen LogP contribution in [0.25, 0.3) is 0 Å². The van der Waals surface area contributed by atoms with Crippen molar-refractivity contribution in [3.8, 4) is 0 Å². The van der Waals surface area contributed by atoms with Crippen LogP contribution in [0.15, 0.2) is 6.33 Å². The number of carboxylic acids is 2. The van der Waals surface area contributed by atoms with Crippen molar-refractivity contribution < 1.29 is 24.6 Å². The van der Waals surface area contributed by atoms with Gasteiger partial charge in [-0.2, -0.15) is 0 Å². The summed E-state index contributed by atoms with van der Waals surface area (Å²) in [5.41, 5.74) is 0. The Balaban J connectivity index is 2.61. The first-order chi connectivity index (χ1) is 9.43. The van der Waals surface area contributed by atoms with Crippen molar-refractivity contribution in [3.05, 3.63) is 12.2 Å². The van der Waals surface area contributed by atoms with Gasteiger partial charge < -0.3 is 25.0 Å². The Kier molecular flexibility index (Phi) is 5.44. The predicted octanol–water partition coefficient (Wildman–Crippen LogP) is -1.02. The monoisotopic (exact) mass is 285 g/mol. The maximum Gasteiger partial charge on any atom is 0.323 e. The Labute approximate surface area is 114 Å². The van der Waals surface area contributed by atoms with Crippen molar-refractivity contribution in [3.63, 3.8) is 0 Å². The fraction of sp³-hybridized carbons (Fsp3) is 0.500. The first-order valence-corrected chi connectivity index (χ1v) is 5.77. The van der Waals surface area contributed by atoms with Crippen LogP contribution in [0.4, 0.5) is 4.79 Å². The quantitative estimate of drug-likeness (QED) is 0.582. The number of nitrogens with one attached hydrogen (secondary N) is 1. The van der Waals surface area contributed by atoms with E-state index in [-0.39, 0.29) is 6.54 Å². The van der Waals surface area contributed by atoms with Gasteiger partial charge in [0.25, 0.3) is 0 Å². The highest BCUT2D eigenvalue weighted by Gasteiger charge is 2.19. The van der Waals surface area contributed by atoms with Crippen LogP contribution in [0.1, 0.15) is 12.7 Å². The minimum absolute atomic E-state index is 0.0302. The number of aliphatic carboxylic acids is 2. The summed E-state index contributed by atoms with van der Waals surface area (Å²) in [5, 5.41) is 27.1. The second-order valence-electron chi connectivity index (χ2n) is 3.84. The lowest BCUT2D eigenvalue weighted by Crippen LogP contribution is -2.45. The molecule has 0 aliphatic carbocycles. The van der Waals surface area contributed by atoms with Gasteiger partial charge >= 0.3 is 18.0 Å². The number of aromatic nitrogens is 3. The van der Waals surface area contributed by atoms with Gasteiger partial charge in [-0.15, -0.1) is 10.2 Å². The lowest BCUT2D eigenvalue weighted by atomic mass is 10.4. The molecule has 0 aliphatic rings. The minimum Gasteiger partial charge on any atom is -0.480 e. The molecular weight excluding hydrogens is 270 g/mol. The molecule has 110 valence electrons. The molecular formula is C10H15N5O5. The maximum atomic E-state index is 11.7. The van der Waals surface area contributed by atoms with Crippen LogP contribution in [0, 0.1) is 0 Å². The first-order valence-electron chi connectivity index (χ1n) is 5.77. The topological polar surface area (TPSA) is 138 Å². The largest absolute Gasteiger partial charge is 0.480 e. The molecule has 1 rings (SSSR count). The van der Waals surface area contributed by atoms with Crippen molar-refractivity contribution >= 4 is 18.0 Å². The van der Waals surface area contributed by atoms with Gasteiger partial charge in [0.05, 0.1) is 6.54 Å². The molecule has 0 atom stereocenters. The summed E-state index contributed by atoms with van der Waals surface area (Å²) in [7, 11) is 0. The molecule has 0 saturated heterocycles. The van der Waals surface area contributed by atoms with E-state index in [1.54, 1.807) is 4.57 Å². The summed E-state index contributed by atoms with van der Waals surface area (Å²) >= 11 is 0. The van der Waals surface area contributed by atoms with E-state index in [0.29, 0.717) is 17.3 Å². The van der Waals surface area contributed by atoms with Gasteiger partial charge in [-0.3, -0.25) is 9.59 Å². The van der Waals surface area contributed by atoms with E-state index in [1.807, 2.05) is 6.92 Å². The lowest BCUT2D eigenvalue weighted by molar-refractivity contribution is -0.140. The van der Waals surface area contributed by atoms with E-state index >= 15 is 0 Å². The standard InChI is InChI=1S/C10H15N5O5/c1-2-14-6-12-13-7(14)3-11-10(20)15(4-8(16)17)5-9(18)19/h6H,2-5H2,1H3,(H,11,20)(H,16,17)(H,18,19). The number of carbonyl (C=O) groups is 3. The van der Waals surface area contributed by atoms with E-state index in [0.717, 1.165) is 0 Å². The molecule has 1 heterocycles. The molecule has 2 amide bonds. The van der Waals surface area contributed by atoms with E-state index in [9.17, 15) is 14.4 Å². The Bertz CT molecular complexity index is 484. The average molecular weight is 285 g/mol. The van der Waals surface area contributed by atoms with Gasteiger partial charge in [0.1, 0.15) is 19.4 Å². The van der Waals surface area contributed by atoms with Gasteiger partial charge in [0.2, 0.25) is 0 Å². The molecule has 0 saturated carbocycles. The highest BCUT2D eigenvalue weighted by Crippen LogP contribution is 1.96. The highest BCUT2D eigenvalue weighted by molar-refractivity contribution is 5.83. The van der Waals surface area contributed by atoms with Crippen LogP contribution >= 0.6 is 0 Å². The van der Waals surface area contributed by atoms with E-state index in [2.05, 4.69) is 15.5 Å². The SMILES string of the molecule is CCn1cnnc1CNC(=O)N(CC(=O)O)CC(=O)O. The normalized spacial score (nSPS) is 10.1. The van der Waals surface area contributed by atoms with Crippen molar-refractivity contribution in [1.82, 2.24) is 25.0 Å². The molecule has 0 aromatic carbocycles. The molecule has 10 nitrogen and oxygen atoms in total. The minimum atomic E-state index is -1.29. The fourth-order valence-electron chi connectivity index (χ4n) is 1.47. The molecule has 0 spiro atoms. The van der Waals surface area contributed by atoms with E-state index in [4.69, 9.17) is 10.2 Å². The second-order valence-corrected chi connectivity index (χ2v) is 3.84. The molecule has 0 aliphatic heterocycles. The number of urea groups is 1. The number of amides is 2. The molecule has 0 fully saturated rings. The maximum absolute atomic E-state index is 11.7. The Morgan fingerprint density at radius 2 is 1.90 bits per heavy atom. The molecule has 0 radical (unpaired) electrons. The van der Waals surface area contributed by atoms with Gasteiger partial charge in [-0.25, -0.2) is 4.79 Å². The zero-order valence-electron chi connectivity index (χ0n) is 10.8. The Hall–Kier alpha value is -2.65. The van der Waals surface area contributed by atoms with Crippen LogP contribution in [0.3, 0.4) is 0 Å². The summed E-state index contributed by atoms with van der Waals surface area (Å²) in [4.78, 5) is 33.6. The van der Waals surface area contributed by atoms with Crippen molar-refractivity contribution in [2.45, 2.75) is 20.0 Å². The van der Waals surface area contributed by atoms with Crippen LogP contribution in [-0.2, 0) is 22.7 Å². The zero-order valence-corrected chi connectivity index (χ0v) is 10.8. The smallest absolute Gasteiger partial charge is 0.323 e. The average Bonchev–Trinajstić information content (AvgIpc) is 2.81. The second kappa shape index (κ2) is 7.07. The van der Waals surface area contributed by atoms with Crippen molar-refractivity contribution in [2.24, 2.45) is 0 Å². The summed E-state index contributed by atoms with van der Waals surface area (Å²) in [5.74, 6) is -2.09. The number of nitrogens with zero attached hydrogens (tertiary/aromatic N) is 4. The number of hydrogen-bond acceptors (Lipinski definition) is 5. The molecule has 0 unspecified atom stereocenters. The summed E-state index contributed by atoms with van der Waals surface area (Å²) in [6.07, 6.45) is 1.49. The lowest BCUT2D eigenvalue weighted by Gasteiger charge is -2.18. The fourth-order valence-corrected chi connectivity index (χ4v) is 1.47. The van der Waals surface area contributed by atoms with Crippen LogP contribution in [-0.4, -0.2) is 60.9 Å². The van der Waals surface area contributed by atoms with Gasteiger partial charge in [-0.1, -0.05) is 0 Å². The summed E-state index contributed by atoms with van der Waals surface area (Å²) < 4.78 is 1.69. The molecule has 3 N–H and O–H groups in total. The zero-order chi connectivity index (χ0) is 15.1. The highest BCUT2D eigenvalue weighted by atomic mass is 16.4. The Morgan fingerprint density at radius 1 is 1.30 bits per heavy atom. The van der Waals surface area contributed by atoms with Crippen molar-refractivity contribution in [2.75, 3.05) is 13.1 Å². The number of carbonyl (C=O) groups excluding carboxylic acids is 1. The summed E-state index contributed by atoms with van der Waals surface area (Å²) in [6, 6.07) is -0.791. The molecule has 10 heteroatoms. The van der Waals surface area contributed by atoms with Gasteiger partial charge in [0, 0.05) is 6.54 Å². The van der Waals surface area contributed by atoms with Crippen molar-refractivity contribution in [1.29, 1.82) is 0 Å². The van der Waals surface area contributed by atoms with Gasteiger partial charge in [-0.05, 0) is 6.92 Å². The van der Waals surface area contributed by atoms with Crippen LogP contribution in [0.5, 0.6) is 0 Å². The van der Waals surface area contributed by atoms with Gasteiger partial charge in [0.15, 0.2) is 5.82 Å². The van der Waals surface area contributed by atoms with E-state index < -0.39 is 31.1 Å². The molecule has 1 aromatic rings. The number of carboxylic acid groups (broad SMARTS) is 2. The number of rotatable bonds is 7. The summed E-state index contributed by atoms with van der Waals surface area (Å²) in [6.45, 7) is 1.13.